The first-order chi connectivity index (χ1) is 7.16. The predicted molar refractivity (Wildman–Crippen MR) is 54.6 cm³/mol. The lowest BCUT2D eigenvalue weighted by Gasteiger charge is -2.11. The van der Waals surface area contributed by atoms with Gasteiger partial charge in [-0.25, -0.2) is 0 Å². The van der Waals surface area contributed by atoms with E-state index in [1.165, 1.54) is 0 Å². The van der Waals surface area contributed by atoms with Gasteiger partial charge >= 0.3 is 5.97 Å². The Balaban J connectivity index is 2.07. The van der Waals surface area contributed by atoms with E-state index < -0.39 is 12.0 Å². The highest BCUT2D eigenvalue weighted by molar-refractivity contribution is 5.73. The lowest BCUT2D eigenvalue weighted by Crippen LogP contribution is -2.31. The number of aliphatic carboxylic acids is 1. The number of phenolic OH excluding ortho intramolecular Hbond substituents is 1. The average Bonchev–Trinajstić information content (AvgIpc) is 2.68. The van der Waals surface area contributed by atoms with Gasteiger partial charge in [-0.15, -0.1) is 0 Å². The third-order valence-electron chi connectivity index (χ3n) is 2.74. The van der Waals surface area contributed by atoms with Crippen molar-refractivity contribution in [3.63, 3.8) is 0 Å². The molecule has 1 aromatic rings. The van der Waals surface area contributed by atoms with Gasteiger partial charge in [-0.1, -0.05) is 12.1 Å². The summed E-state index contributed by atoms with van der Waals surface area (Å²) >= 11 is 0. The second-order valence-electron chi connectivity index (χ2n) is 3.78. The molecule has 0 amide bonds. The fourth-order valence-corrected chi connectivity index (χ4v) is 1.91. The Morgan fingerprint density at radius 3 is 2.47 bits per heavy atom. The zero-order valence-corrected chi connectivity index (χ0v) is 8.18. The van der Waals surface area contributed by atoms with Crippen molar-refractivity contribution in [1.82, 2.24) is 5.32 Å². The van der Waals surface area contributed by atoms with Crippen LogP contribution in [0.15, 0.2) is 24.3 Å². The van der Waals surface area contributed by atoms with Crippen LogP contribution < -0.4 is 5.32 Å². The molecule has 1 aliphatic heterocycles. The quantitative estimate of drug-likeness (QED) is 0.683. The van der Waals surface area contributed by atoms with E-state index in [1.807, 2.05) is 12.1 Å². The van der Waals surface area contributed by atoms with Crippen LogP contribution in [-0.4, -0.2) is 22.2 Å². The van der Waals surface area contributed by atoms with E-state index in [9.17, 15) is 4.79 Å². The van der Waals surface area contributed by atoms with Gasteiger partial charge in [-0.2, -0.15) is 0 Å². The molecule has 0 aliphatic carbocycles. The molecule has 0 unspecified atom stereocenters. The number of carboxylic acids is 1. The van der Waals surface area contributed by atoms with Gasteiger partial charge in [0.15, 0.2) is 0 Å². The molecule has 2 rings (SSSR count). The summed E-state index contributed by atoms with van der Waals surface area (Å²) in [6.07, 6.45) is 1.47. The fourth-order valence-electron chi connectivity index (χ4n) is 1.91. The van der Waals surface area contributed by atoms with Gasteiger partial charge in [0.1, 0.15) is 11.8 Å². The second kappa shape index (κ2) is 3.90. The van der Waals surface area contributed by atoms with Crippen LogP contribution in [0.4, 0.5) is 0 Å². The fraction of sp³-hybridized carbons (Fsp3) is 0.364. The number of hydrogen-bond donors (Lipinski definition) is 3. The minimum atomic E-state index is -0.795. The highest BCUT2D eigenvalue weighted by atomic mass is 16.4. The van der Waals surface area contributed by atoms with Crippen LogP contribution in [0.3, 0.4) is 0 Å². The van der Waals surface area contributed by atoms with Crippen LogP contribution >= 0.6 is 0 Å². The molecular formula is C11H13NO3. The topological polar surface area (TPSA) is 69.6 Å². The van der Waals surface area contributed by atoms with E-state index >= 15 is 0 Å². The molecule has 0 bridgehead atoms. The number of carbonyl (C=O) groups is 1. The van der Waals surface area contributed by atoms with E-state index in [2.05, 4.69) is 5.32 Å². The molecule has 0 saturated carbocycles. The summed E-state index contributed by atoms with van der Waals surface area (Å²) in [5.41, 5.74) is 1.02. The Morgan fingerprint density at radius 2 is 1.93 bits per heavy atom. The molecular weight excluding hydrogens is 194 g/mol. The zero-order chi connectivity index (χ0) is 10.8. The van der Waals surface area contributed by atoms with E-state index in [0.717, 1.165) is 12.0 Å². The minimum Gasteiger partial charge on any atom is -0.508 e. The molecule has 1 fully saturated rings. The third-order valence-corrected chi connectivity index (χ3v) is 2.74. The Kier molecular flexibility index (Phi) is 2.60. The number of rotatable bonds is 2. The molecule has 3 N–H and O–H groups in total. The summed E-state index contributed by atoms with van der Waals surface area (Å²) in [6, 6.07) is 6.51. The van der Waals surface area contributed by atoms with Gasteiger partial charge < -0.3 is 10.2 Å². The Labute approximate surface area is 87.6 Å². The Morgan fingerprint density at radius 1 is 1.27 bits per heavy atom. The van der Waals surface area contributed by atoms with Crippen molar-refractivity contribution in [2.24, 2.45) is 0 Å². The van der Waals surface area contributed by atoms with Gasteiger partial charge in [0.05, 0.1) is 0 Å². The average molecular weight is 207 g/mol. The highest BCUT2D eigenvalue weighted by Gasteiger charge is 2.29. The molecule has 2 atom stereocenters. The van der Waals surface area contributed by atoms with Gasteiger partial charge in [0, 0.05) is 6.04 Å². The molecule has 1 aromatic carbocycles. The standard InChI is InChI=1S/C11H13NO3/c13-8-3-1-7(2-4-8)9-5-6-10(12-9)11(14)15/h1-4,9-10,12-13H,5-6H2,(H,14,15)/t9-,10+/m1/s1. The lowest BCUT2D eigenvalue weighted by atomic mass is 10.1. The van der Waals surface area contributed by atoms with Crippen LogP contribution in [0.2, 0.25) is 0 Å². The SMILES string of the molecule is O=C(O)[C@@H]1CC[C@H](c2ccc(O)cc2)N1. The van der Waals surface area contributed by atoms with Crippen molar-refractivity contribution in [2.75, 3.05) is 0 Å². The number of hydrogen-bond acceptors (Lipinski definition) is 3. The van der Waals surface area contributed by atoms with Crippen molar-refractivity contribution in [1.29, 1.82) is 0 Å². The molecule has 0 radical (unpaired) electrons. The molecule has 0 aromatic heterocycles. The van der Waals surface area contributed by atoms with E-state index in [1.54, 1.807) is 12.1 Å². The van der Waals surface area contributed by atoms with Crippen molar-refractivity contribution in [3.05, 3.63) is 29.8 Å². The normalized spacial score (nSPS) is 25.3. The number of benzene rings is 1. The lowest BCUT2D eigenvalue weighted by molar-refractivity contribution is -0.139. The molecule has 80 valence electrons. The monoisotopic (exact) mass is 207 g/mol. The molecule has 1 aliphatic rings. The van der Waals surface area contributed by atoms with E-state index in [0.29, 0.717) is 6.42 Å². The van der Waals surface area contributed by atoms with Gasteiger partial charge in [-0.05, 0) is 30.5 Å². The number of phenols is 1. The summed E-state index contributed by atoms with van der Waals surface area (Å²) in [5, 5.41) is 21.0. The van der Waals surface area contributed by atoms with Crippen LogP contribution in [0.25, 0.3) is 0 Å². The first-order valence-electron chi connectivity index (χ1n) is 4.94. The van der Waals surface area contributed by atoms with E-state index in [-0.39, 0.29) is 11.8 Å². The number of aromatic hydroxyl groups is 1. The Bertz CT molecular complexity index is 361. The molecule has 0 spiro atoms. The van der Waals surface area contributed by atoms with Gasteiger partial charge in [-0.3, -0.25) is 10.1 Å². The Hall–Kier alpha value is -1.55. The second-order valence-corrected chi connectivity index (χ2v) is 3.78. The molecule has 4 nitrogen and oxygen atoms in total. The molecule has 1 saturated heterocycles. The van der Waals surface area contributed by atoms with Crippen molar-refractivity contribution < 1.29 is 15.0 Å². The summed E-state index contributed by atoms with van der Waals surface area (Å²) in [7, 11) is 0. The highest BCUT2D eigenvalue weighted by Crippen LogP contribution is 2.27. The molecule has 1 heterocycles. The van der Waals surface area contributed by atoms with Crippen molar-refractivity contribution >= 4 is 5.97 Å². The zero-order valence-electron chi connectivity index (χ0n) is 8.18. The first kappa shape index (κ1) is 9.98. The summed E-state index contributed by atoms with van der Waals surface area (Å²) < 4.78 is 0. The van der Waals surface area contributed by atoms with Crippen LogP contribution in [0.5, 0.6) is 5.75 Å². The van der Waals surface area contributed by atoms with Crippen LogP contribution in [0.1, 0.15) is 24.4 Å². The van der Waals surface area contributed by atoms with Crippen molar-refractivity contribution in [3.8, 4) is 5.75 Å². The van der Waals surface area contributed by atoms with Gasteiger partial charge in [0.2, 0.25) is 0 Å². The molecule has 15 heavy (non-hydrogen) atoms. The maximum Gasteiger partial charge on any atom is 0.320 e. The minimum absolute atomic E-state index is 0.0895. The first-order valence-corrected chi connectivity index (χ1v) is 4.94. The maximum absolute atomic E-state index is 10.7. The van der Waals surface area contributed by atoms with E-state index in [4.69, 9.17) is 10.2 Å². The largest absolute Gasteiger partial charge is 0.508 e. The van der Waals surface area contributed by atoms with Crippen LogP contribution in [-0.2, 0) is 4.79 Å². The summed E-state index contributed by atoms with van der Waals surface area (Å²) in [6.45, 7) is 0. The number of carboxylic acid groups (broad SMARTS) is 1. The summed E-state index contributed by atoms with van der Waals surface area (Å²) in [4.78, 5) is 10.7. The number of nitrogens with one attached hydrogen (secondary N) is 1. The smallest absolute Gasteiger partial charge is 0.320 e. The third kappa shape index (κ3) is 2.10. The predicted octanol–water partition coefficient (Wildman–Crippen LogP) is 1.27. The summed E-state index contributed by atoms with van der Waals surface area (Å²) in [5.74, 6) is -0.567. The van der Waals surface area contributed by atoms with Crippen LogP contribution in [0, 0.1) is 0 Å². The maximum atomic E-state index is 10.7. The molecule has 4 heteroatoms. The van der Waals surface area contributed by atoms with Gasteiger partial charge in [0.25, 0.3) is 0 Å². The van der Waals surface area contributed by atoms with Crippen molar-refractivity contribution in [2.45, 2.75) is 24.9 Å².